The van der Waals surface area contributed by atoms with Gasteiger partial charge in [-0.05, 0) is 19.1 Å². The molecule has 26 heavy (non-hydrogen) atoms. The van der Waals surface area contributed by atoms with Crippen molar-refractivity contribution >= 4 is 17.6 Å². The van der Waals surface area contributed by atoms with Gasteiger partial charge < -0.3 is 19.1 Å². The number of aromatic nitrogens is 2. The van der Waals surface area contributed by atoms with Gasteiger partial charge in [-0.15, -0.1) is 0 Å². The Hall–Kier alpha value is -2.65. The van der Waals surface area contributed by atoms with Crippen LogP contribution in [0.25, 0.3) is 0 Å². The minimum Gasteiger partial charge on any atom is -0.379 e. The Morgan fingerprint density at radius 2 is 2.08 bits per heavy atom. The maximum atomic E-state index is 12.2. The Morgan fingerprint density at radius 3 is 2.69 bits per heavy atom. The van der Waals surface area contributed by atoms with Crippen LogP contribution in [0, 0.1) is 6.92 Å². The molecule has 0 saturated carbocycles. The molecule has 0 spiro atoms. The predicted molar refractivity (Wildman–Crippen MR) is 93.4 cm³/mol. The molecule has 0 bridgehead atoms. The molecule has 0 radical (unpaired) electrons. The number of amides is 2. The predicted octanol–water partition coefficient (Wildman–Crippen LogP) is 0.450. The van der Waals surface area contributed by atoms with Gasteiger partial charge in [0.2, 0.25) is 0 Å². The standard InChI is InChI=1S/C17H23N5O4/c1-12-10-15(20-26-12)19-17(24)16(23)18-11-14(13-4-3-5-21(13)2)22-6-8-25-9-7-22/h3-5,10,14H,6-9,11H2,1-2H3,(H,18,23)(H,19,20,24). The van der Waals surface area contributed by atoms with Crippen molar-refractivity contribution in [1.82, 2.24) is 19.9 Å². The Balaban J connectivity index is 1.62. The van der Waals surface area contributed by atoms with Gasteiger partial charge in [-0.3, -0.25) is 19.8 Å². The molecule has 1 saturated heterocycles. The molecule has 2 aromatic rings. The lowest BCUT2D eigenvalue weighted by molar-refractivity contribution is -0.136. The lowest BCUT2D eigenvalue weighted by Crippen LogP contribution is -2.46. The minimum atomic E-state index is -0.772. The third kappa shape index (κ3) is 4.30. The number of hydrogen-bond donors (Lipinski definition) is 2. The van der Waals surface area contributed by atoms with Crippen LogP contribution in [0.2, 0.25) is 0 Å². The van der Waals surface area contributed by atoms with Crippen molar-refractivity contribution in [2.24, 2.45) is 7.05 Å². The molecule has 2 amide bonds. The van der Waals surface area contributed by atoms with Gasteiger partial charge in [-0.25, -0.2) is 0 Å². The summed E-state index contributed by atoms with van der Waals surface area (Å²) in [5.41, 5.74) is 1.07. The number of anilines is 1. The molecule has 1 fully saturated rings. The van der Waals surface area contributed by atoms with Crippen LogP contribution in [-0.4, -0.2) is 59.3 Å². The lowest BCUT2D eigenvalue weighted by Gasteiger charge is -2.34. The lowest BCUT2D eigenvalue weighted by atomic mass is 10.1. The van der Waals surface area contributed by atoms with Crippen LogP contribution < -0.4 is 10.6 Å². The van der Waals surface area contributed by atoms with E-state index in [0.717, 1.165) is 18.8 Å². The summed E-state index contributed by atoms with van der Waals surface area (Å²) < 4.78 is 12.3. The monoisotopic (exact) mass is 361 g/mol. The maximum Gasteiger partial charge on any atom is 0.314 e. The second-order valence-corrected chi connectivity index (χ2v) is 6.20. The molecule has 9 nitrogen and oxygen atoms in total. The SMILES string of the molecule is Cc1cc(NC(=O)C(=O)NCC(c2cccn2C)N2CCOCC2)no1. The number of ether oxygens (including phenoxy) is 1. The van der Waals surface area contributed by atoms with Crippen molar-refractivity contribution < 1.29 is 18.8 Å². The van der Waals surface area contributed by atoms with E-state index < -0.39 is 11.8 Å². The summed E-state index contributed by atoms with van der Waals surface area (Å²) >= 11 is 0. The van der Waals surface area contributed by atoms with Crippen LogP contribution >= 0.6 is 0 Å². The Kier molecular flexibility index (Phi) is 5.69. The molecule has 0 aliphatic carbocycles. The van der Waals surface area contributed by atoms with E-state index in [9.17, 15) is 9.59 Å². The largest absolute Gasteiger partial charge is 0.379 e. The molecule has 3 heterocycles. The van der Waals surface area contributed by atoms with Crippen LogP contribution in [0.3, 0.4) is 0 Å². The molecular formula is C17H23N5O4. The molecule has 1 atom stereocenters. The molecule has 9 heteroatoms. The van der Waals surface area contributed by atoms with Gasteiger partial charge in [-0.2, -0.15) is 0 Å². The highest BCUT2D eigenvalue weighted by atomic mass is 16.5. The van der Waals surface area contributed by atoms with Gasteiger partial charge in [0.15, 0.2) is 5.82 Å². The van der Waals surface area contributed by atoms with Crippen LogP contribution in [0.1, 0.15) is 17.5 Å². The zero-order valence-corrected chi connectivity index (χ0v) is 14.9. The average molecular weight is 361 g/mol. The summed E-state index contributed by atoms with van der Waals surface area (Å²) in [5, 5.41) is 8.78. The molecule has 1 unspecified atom stereocenters. The number of nitrogens with zero attached hydrogens (tertiary/aromatic N) is 3. The first-order valence-corrected chi connectivity index (χ1v) is 8.50. The second kappa shape index (κ2) is 8.15. The normalized spacial score (nSPS) is 16.2. The number of morpholine rings is 1. The van der Waals surface area contributed by atoms with E-state index in [1.54, 1.807) is 13.0 Å². The van der Waals surface area contributed by atoms with E-state index in [2.05, 4.69) is 20.7 Å². The Bertz CT molecular complexity index is 763. The number of hydrogen-bond acceptors (Lipinski definition) is 6. The quantitative estimate of drug-likeness (QED) is 0.750. The molecule has 0 aromatic carbocycles. The molecule has 2 aromatic heterocycles. The summed E-state index contributed by atoms with van der Waals surface area (Å²) in [4.78, 5) is 26.4. The van der Waals surface area contributed by atoms with Crippen molar-refractivity contribution in [3.63, 3.8) is 0 Å². The fourth-order valence-corrected chi connectivity index (χ4v) is 3.00. The first-order valence-electron chi connectivity index (χ1n) is 8.50. The Morgan fingerprint density at radius 1 is 1.31 bits per heavy atom. The van der Waals surface area contributed by atoms with E-state index in [4.69, 9.17) is 9.26 Å². The van der Waals surface area contributed by atoms with Crippen molar-refractivity contribution in [2.75, 3.05) is 38.2 Å². The molecule has 1 aliphatic rings. The molecule has 140 valence electrons. The topological polar surface area (TPSA) is 102 Å². The zero-order chi connectivity index (χ0) is 18.5. The smallest absolute Gasteiger partial charge is 0.314 e. The maximum absolute atomic E-state index is 12.2. The summed E-state index contributed by atoms with van der Waals surface area (Å²) in [6.45, 7) is 4.88. The molecule has 3 rings (SSSR count). The van der Waals surface area contributed by atoms with Crippen molar-refractivity contribution in [2.45, 2.75) is 13.0 Å². The number of nitrogens with one attached hydrogen (secondary N) is 2. The highest BCUT2D eigenvalue weighted by Gasteiger charge is 2.26. The second-order valence-electron chi connectivity index (χ2n) is 6.20. The van der Waals surface area contributed by atoms with Gasteiger partial charge in [0.25, 0.3) is 0 Å². The third-order valence-corrected chi connectivity index (χ3v) is 4.34. The number of carbonyl (C=O) groups excluding carboxylic acids is 2. The zero-order valence-electron chi connectivity index (χ0n) is 14.9. The van der Waals surface area contributed by atoms with Crippen LogP contribution in [0.4, 0.5) is 5.82 Å². The number of rotatable bonds is 5. The highest BCUT2D eigenvalue weighted by Crippen LogP contribution is 2.21. The van der Waals surface area contributed by atoms with E-state index in [1.807, 2.05) is 29.9 Å². The van der Waals surface area contributed by atoms with Crippen molar-refractivity contribution in [1.29, 1.82) is 0 Å². The Labute approximate surface area is 151 Å². The highest BCUT2D eigenvalue weighted by molar-refractivity contribution is 6.39. The van der Waals surface area contributed by atoms with E-state index >= 15 is 0 Å². The first kappa shape index (κ1) is 18.2. The van der Waals surface area contributed by atoms with Gasteiger partial charge >= 0.3 is 11.8 Å². The van der Waals surface area contributed by atoms with Gasteiger partial charge in [0.05, 0.1) is 19.3 Å². The summed E-state index contributed by atoms with van der Waals surface area (Å²) in [7, 11) is 1.96. The molecular weight excluding hydrogens is 338 g/mol. The fourth-order valence-electron chi connectivity index (χ4n) is 3.00. The van der Waals surface area contributed by atoms with Crippen LogP contribution in [0.5, 0.6) is 0 Å². The van der Waals surface area contributed by atoms with Crippen molar-refractivity contribution in [3.8, 4) is 0 Å². The first-order chi connectivity index (χ1) is 12.5. The summed E-state index contributed by atoms with van der Waals surface area (Å²) in [5.74, 6) is -0.712. The van der Waals surface area contributed by atoms with E-state index in [0.29, 0.717) is 25.5 Å². The van der Waals surface area contributed by atoms with Crippen LogP contribution in [-0.2, 0) is 21.4 Å². The van der Waals surface area contributed by atoms with Crippen LogP contribution in [0.15, 0.2) is 28.9 Å². The summed E-state index contributed by atoms with van der Waals surface area (Å²) in [6, 6.07) is 5.49. The minimum absolute atomic E-state index is 0.0371. The van der Waals surface area contributed by atoms with Crippen molar-refractivity contribution in [3.05, 3.63) is 35.9 Å². The van der Waals surface area contributed by atoms with E-state index in [-0.39, 0.29) is 11.9 Å². The molecule has 2 N–H and O–H groups in total. The van der Waals surface area contributed by atoms with E-state index in [1.165, 1.54) is 0 Å². The fraction of sp³-hybridized carbons (Fsp3) is 0.471. The van der Waals surface area contributed by atoms with Gasteiger partial charge in [-0.1, -0.05) is 5.16 Å². The number of carbonyl (C=O) groups is 2. The number of aryl methyl sites for hydroxylation is 2. The van der Waals surface area contributed by atoms with Gasteiger partial charge in [0.1, 0.15) is 5.76 Å². The average Bonchev–Trinajstić information content (AvgIpc) is 3.24. The molecule has 1 aliphatic heterocycles. The third-order valence-electron chi connectivity index (χ3n) is 4.34. The summed E-state index contributed by atoms with van der Waals surface area (Å²) in [6.07, 6.45) is 1.96. The van der Waals surface area contributed by atoms with Gasteiger partial charge in [0, 0.05) is 44.6 Å².